The van der Waals surface area contributed by atoms with Crippen LogP contribution in [0.15, 0.2) is 146 Å². The first-order chi connectivity index (χ1) is 33.0. The van der Waals surface area contributed by atoms with Crippen LogP contribution in [-0.2, 0) is 32.7 Å². The molecule has 0 bridgehead atoms. The van der Waals surface area contributed by atoms with Crippen molar-refractivity contribution in [1.82, 2.24) is 0 Å². The number of likely N-dealkylation sites (N-methyl/N-ethyl adjacent to an activating group) is 1. The number of rotatable bonds is 44. The lowest BCUT2D eigenvalue weighted by atomic mass is 10.1. The van der Waals surface area contributed by atoms with Crippen LogP contribution in [0.1, 0.15) is 155 Å². The van der Waals surface area contributed by atoms with E-state index in [1.165, 1.54) is 0 Å². The lowest BCUT2D eigenvalue weighted by molar-refractivity contribution is -0.870. The van der Waals surface area contributed by atoms with Crippen molar-refractivity contribution in [2.75, 3.05) is 47.5 Å². The highest BCUT2D eigenvalue weighted by atomic mass is 31.2. The largest absolute Gasteiger partial charge is 0.472 e. The molecule has 0 aliphatic heterocycles. The average molecular weight is 963 g/mol. The van der Waals surface area contributed by atoms with Crippen LogP contribution < -0.4 is 0 Å². The molecule has 0 saturated carbocycles. The van der Waals surface area contributed by atoms with Crippen LogP contribution in [0.2, 0.25) is 0 Å². The second-order valence-corrected chi connectivity index (χ2v) is 18.9. The molecule has 382 valence electrons. The molecular formula is C58H93NO8P+. The van der Waals surface area contributed by atoms with E-state index in [4.69, 9.17) is 18.5 Å². The molecule has 0 heterocycles. The predicted octanol–water partition coefficient (Wildman–Crippen LogP) is 15.6. The zero-order valence-electron chi connectivity index (χ0n) is 43.0. The van der Waals surface area contributed by atoms with Gasteiger partial charge in [0.15, 0.2) is 6.10 Å². The van der Waals surface area contributed by atoms with Crippen molar-refractivity contribution in [1.29, 1.82) is 0 Å². The van der Waals surface area contributed by atoms with Crippen LogP contribution in [-0.4, -0.2) is 74.9 Å². The lowest BCUT2D eigenvalue weighted by Crippen LogP contribution is -2.37. The van der Waals surface area contributed by atoms with Gasteiger partial charge in [-0.2, -0.15) is 0 Å². The second-order valence-electron chi connectivity index (χ2n) is 17.4. The van der Waals surface area contributed by atoms with Crippen LogP contribution in [0.3, 0.4) is 0 Å². The van der Waals surface area contributed by atoms with E-state index in [-0.39, 0.29) is 26.1 Å². The van der Waals surface area contributed by atoms with Gasteiger partial charge in [0.1, 0.15) is 19.8 Å². The summed E-state index contributed by atoms with van der Waals surface area (Å²) in [5, 5.41) is 0. The Labute approximate surface area is 414 Å². The van der Waals surface area contributed by atoms with E-state index in [0.717, 1.165) is 116 Å². The minimum Gasteiger partial charge on any atom is -0.462 e. The van der Waals surface area contributed by atoms with E-state index < -0.39 is 32.5 Å². The van der Waals surface area contributed by atoms with Gasteiger partial charge >= 0.3 is 19.8 Å². The molecule has 0 amide bonds. The fourth-order valence-electron chi connectivity index (χ4n) is 5.97. The standard InChI is InChI=1S/C58H92NO8P/c1-6-8-10-12-14-16-18-20-22-24-25-26-27-28-29-30-31-32-33-35-37-39-41-43-45-47-49-51-58(61)67-56(55-66-68(62,63)65-53-52-59(3,4)5)54-64-57(60)50-48-46-44-42-40-38-36-34-23-21-19-17-15-13-11-9-7-2/h8-11,14-17,20-23,25-26,28-29,31-32,35-38,42,44,56H,6-7,12-13,18-19,24,27,30,33-34,39-41,43,45-55H2,1-5H3/p+1/b10-8-,11-9-,16-14-,17-15-,22-20-,23-21-,26-25-,29-28-,32-31-,37-35-,38-36-,44-42-. The molecule has 2 unspecified atom stereocenters. The molecule has 0 spiro atoms. The maximum absolute atomic E-state index is 12.8. The van der Waals surface area contributed by atoms with Gasteiger partial charge in [-0.3, -0.25) is 18.6 Å². The Morgan fingerprint density at radius 2 is 0.809 bits per heavy atom. The number of esters is 2. The van der Waals surface area contributed by atoms with Gasteiger partial charge in [-0.15, -0.1) is 0 Å². The summed E-state index contributed by atoms with van der Waals surface area (Å²) in [5.74, 6) is -0.905. The molecule has 0 aliphatic carbocycles. The Bertz CT molecular complexity index is 1650. The third-order valence-corrected chi connectivity index (χ3v) is 10.8. The van der Waals surface area contributed by atoms with Crippen molar-refractivity contribution in [2.45, 2.75) is 161 Å². The number of ether oxygens (including phenoxy) is 2. The van der Waals surface area contributed by atoms with Gasteiger partial charge in [0.2, 0.25) is 0 Å². The Morgan fingerprint density at radius 3 is 1.22 bits per heavy atom. The third-order valence-electron chi connectivity index (χ3n) is 9.86. The molecule has 0 radical (unpaired) electrons. The van der Waals surface area contributed by atoms with Gasteiger partial charge in [-0.25, -0.2) is 4.57 Å². The number of carbonyl (C=O) groups excluding carboxylic acids is 2. The maximum Gasteiger partial charge on any atom is 0.472 e. The van der Waals surface area contributed by atoms with Gasteiger partial charge in [-0.05, 0) is 109 Å². The lowest BCUT2D eigenvalue weighted by Gasteiger charge is -2.24. The van der Waals surface area contributed by atoms with Crippen molar-refractivity contribution < 1.29 is 42.1 Å². The minimum atomic E-state index is -4.41. The highest BCUT2D eigenvalue weighted by Gasteiger charge is 2.27. The molecule has 10 heteroatoms. The van der Waals surface area contributed by atoms with Crippen LogP contribution >= 0.6 is 7.82 Å². The Morgan fingerprint density at radius 1 is 0.456 bits per heavy atom. The topological polar surface area (TPSA) is 108 Å². The van der Waals surface area contributed by atoms with E-state index in [2.05, 4.69) is 154 Å². The van der Waals surface area contributed by atoms with Crippen molar-refractivity contribution in [3.8, 4) is 0 Å². The summed E-state index contributed by atoms with van der Waals surface area (Å²) in [6, 6.07) is 0. The van der Waals surface area contributed by atoms with Gasteiger partial charge < -0.3 is 18.9 Å². The average Bonchev–Trinajstić information content (AvgIpc) is 3.30. The zero-order valence-corrected chi connectivity index (χ0v) is 43.9. The number of quaternary nitrogens is 1. The van der Waals surface area contributed by atoms with Crippen molar-refractivity contribution in [3.05, 3.63) is 146 Å². The van der Waals surface area contributed by atoms with Crippen molar-refractivity contribution >= 4 is 19.8 Å². The Kier molecular flexibility index (Phi) is 45.0. The van der Waals surface area contributed by atoms with E-state index >= 15 is 0 Å². The fourth-order valence-corrected chi connectivity index (χ4v) is 6.71. The number of hydrogen-bond donors (Lipinski definition) is 1. The maximum atomic E-state index is 12.8. The van der Waals surface area contributed by atoms with E-state index in [0.29, 0.717) is 23.9 Å². The molecule has 9 nitrogen and oxygen atoms in total. The monoisotopic (exact) mass is 963 g/mol. The molecule has 68 heavy (non-hydrogen) atoms. The Hall–Kier alpha value is -4.11. The Balaban J connectivity index is 4.41. The van der Waals surface area contributed by atoms with Crippen LogP contribution in [0, 0.1) is 0 Å². The zero-order chi connectivity index (χ0) is 49.9. The number of allylic oxidation sites excluding steroid dienone is 24. The molecule has 0 aliphatic rings. The highest BCUT2D eigenvalue weighted by molar-refractivity contribution is 7.47. The van der Waals surface area contributed by atoms with Crippen LogP contribution in [0.5, 0.6) is 0 Å². The smallest absolute Gasteiger partial charge is 0.462 e. The quantitative estimate of drug-likeness (QED) is 0.0211. The van der Waals surface area contributed by atoms with Crippen LogP contribution in [0.25, 0.3) is 0 Å². The number of unbranched alkanes of at least 4 members (excludes halogenated alkanes) is 6. The van der Waals surface area contributed by atoms with Gasteiger partial charge in [0, 0.05) is 12.8 Å². The summed E-state index contributed by atoms with van der Waals surface area (Å²) in [5.41, 5.74) is 0. The second kappa shape index (κ2) is 47.9. The number of carbonyl (C=O) groups is 2. The first-order valence-corrected chi connectivity index (χ1v) is 27.1. The summed E-state index contributed by atoms with van der Waals surface area (Å²) in [4.78, 5) is 35.5. The van der Waals surface area contributed by atoms with Gasteiger partial charge in [0.05, 0.1) is 27.7 Å². The number of hydrogen-bond acceptors (Lipinski definition) is 7. The van der Waals surface area contributed by atoms with Gasteiger partial charge in [-0.1, -0.05) is 179 Å². The fraction of sp³-hybridized carbons (Fsp3) is 0.552. The molecule has 0 fully saturated rings. The normalized spacial score (nSPS) is 14.6. The summed E-state index contributed by atoms with van der Waals surface area (Å²) in [6.45, 7) is 4.07. The van der Waals surface area contributed by atoms with E-state index in [9.17, 15) is 19.0 Å². The summed E-state index contributed by atoms with van der Waals surface area (Å²) < 4.78 is 34.3. The van der Waals surface area contributed by atoms with Crippen molar-refractivity contribution in [3.63, 3.8) is 0 Å². The molecule has 0 rings (SSSR count). The molecule has 0 saturated heterocycles. The summed E-state index contributed by atoms with van der Waals surface area (Å²) in [7, 11) is 1.40. The highest BCUT2D eigenvalue weighted by Crippen LogP contribution is 2.43. The molecule has 2 atom stereocenters. The summed E-state index contributed by atoms with van der Waals surface area (Å²) in [6.07, 6.45) is 70.5. The molecule has 1 N–H and O–H groups in total. The van der Waals surface area contributed by atoms with Crippen molar-refractivity contribution in [2.24, 2.45) is 0 Å². The van der Waals surface area contributed by atoms with E-state index in [1.54, 1.807) is 0 Å². The first-order valence-electron chi connectivity index (χ1n) is 25.6. The third kappa shape index (κ3) is 51.3. The molecule has 0 aromatic heterocycles. The summed E-state index contributed by atoms with van der Waals surface area (Å²) >= 11 is 0. The van der Waals surface area contributed by atoms with E-state index in [1.807, 2.05) is 27.2 Å². The van der Waals surface area contributed by atoms with Crippen LogP contribution in [0.4, 0.5) is 0 Å². The molecule has 0 aromatic rings. The molecular weight excluding hydrogens is 870 g/mol. The number of phosphoric acid groups is 1. The van der Waals surface area contributed by atoms with Gasteiger partial charge in [0.25, 0.3) is 0 Å². The molecule has 0 aromatic carbocycles. The minimum absolute atomic E-state index is 0.00914. The SMILES string of the molecule is CC/C=C\C/C=C\C/C=C\C/C=C\C/C=C\C/C=C\C/C=C\CCCCCCCC(=O)OC(COC(=O)CCC/C=C\C/C=C\C/C=C\C/C=C\C/C=C\CC)COP(=O)(O)OCC[N+](C)(C)C. The number of phosphoric ester groups is 1. The first kappa shape index (κ1) is 63.9. The predicted molar refractivity (Wildman–Crippen MR) is 288 cm³/mol. The number of nitrogens with zero attached hydrogens (tertiary/aromatic N) is 1.